The van der Waals surface area contributed by atoms with Crippen LogP contribution in [0.5, 0.6) is 0 Å². The minimum Gasteiger partial charge on any atom is -0.360 e. The average Bonchev–Trinajstić information content (AvgIpc) is 3.31. The first-order valence-corrected chi connectivity index (χ1v) is 12.2. The summed E-state index contributed by atoms with van der Waals surface area (Å²) in [5.41, 5.74) is 1.30. The van der Waals surface area contributed by atoms with Crippen molar-refractivity contribution in [2.24, 2.45) is 0 Å². The van der Waals surface area contributed by atoms with Gasteiger partial charge in [-0.05, 0) is 38.8 Å². The van der Waals surface area contributed by atoms with Crippen molar-refractivity contribution in [3.8, 4) is 0 Å². The van der Waals surface area contributed by atoms with E-state index < -0.39 is 10.0 Å². The van der Waals surface area contributed by atoms with Crippen LogP contribution in [0.1, 0.15) is 41.6 Å². The molecule has 1 fully saturated rings. The van der Waals surface area contributed by atoms with Gasteiger partial charge in [-0.3, -0.25) is 4.79 Å². The highest BCUT2D eigenvalue weighted by Gasteiger charge is 2.28. The zero-order chi connectivity index (χ0) is 21.3. The summed E-state index contributed by atoms with van der Waals surface area (Å²) in [6, 6.07) is 8.05. The molecule has 0 spiro atoms. The lowest BCUT2D eigenvalue weighted by molar-refractivity contribution is -0.132. The Bertz CT molecular complexity index is 1120. The second kappa shape index (κ2) is 8.44. The number of fused-ring (bicyclic) bond motifs is 1. The van der Waals surface area contributed by atoms with Crippen molar-refractivity contribution in [2.45, 2.75) is 43.9 Å². The van der Waals surface area contributed by atoms with Crippen LogP contribution in [0.25, 0.3) is 10.2 Å². The summed E-state index contributed by atoms with van der Waals surface area (Å²) in [5, 5.41) is 4.74. The zero-order valence-corrected chi connectivity index (χ0v) is 18.6. The quantitative estimate of drug-likeness (QED) is 0.621. The number of thiazole rings is 1. The van der Waals surface area contributed by atoms with Crippen LogP contribution in [0.3, 0.4) is 0 Å². The van der Waals surface area contributed by atoms with Gasteiger partial charge in [0.2, 0.25) is 15.9 Å². The molecule has 30 heavy (non-hydrogen) atoms. The van der Waals surface area contributed by atoms with Gasteiger partial charge in [-0.2, -0.15) is 0 Å². The van der Waals surface area contributed by atoms with Crippen molar-refractivity contribution in [1.29, 1.82) is 0 Å². The molecule has 1 unspecified atom stereocenters. The zero-order valence-electron chi connectivity index (χ0n) is 16.9. The van der Waals surface area contributed by atoms with Crippen molar-refractivity contribution in [3.05, 3.63) is 40.7 Å². The van der Waals surface area contributed by atoms with E-state index in [4.69, 9.17) is 9.51 Å². The summed E-state index contributed by atoms with van der Waals surface area (Å²) in [6.07, 6.45) is 2.02. The predicted octanol–water partition coefficient (Wildman–Crippen LogP) is 2.98. The second-order valence-electron chi connectivity index (χ2n) is 7.50. The van der Waals surface area contributed by atoms with Crippen molar-refractivity contribution in [1.82, 2.24) is 19.8 Å². The first-order chi connectivity index (χ1) is 14.3. The fourth-order valence-corrected chi connectivity index (χ4v) is 6.30. The Balaban J connectivity index is 1.35. The number of nitrogens with one attached hydrogen (secondary N) is 1. The number of sulfonamides is 1. The summed E-state index contributed by atoms with van der Waals surface area (Å²) in [7, 11) is -3.76. The molecule has 0 saturated carbocycles. The Hall–Kier alpha value is -2.30. The molecule has 8 nitrogen and oxygen atoms in total. The average molecular weight is 449 g/mol. The number of nitrogens with zero attached hydrogens (tertiary/aromatic N) is 3. The topological polar surface area (TPSA) is 105 Å². The van der Waals surface area contributed by atoms with Crippen LogP contribution < -0.4 is 4.72 Å². The summed E-state index contributed by atoms with van der Waals surface area (Å²) in [4.78, 5) is 19.3. The van der Waals surface area contributed by atoms with Gasteiger partial charge in [0.15, 0.2) is 5.76 Å². The molecule has 3 heterocycles. The molecule has 10 heteroatoms. The fourth-order valence-electron chi connectivity index (χ4n) is 3.85. The highest BCUT2D eigenvalue weighted by Crippen LogP contribution is 2.33. The van der Waals surface area contributed by atoms with Crippen molar-refractivity contribution < 1.29 is 17.7 Å². The predicted molar refractivity (Wildman–Crippen MR) is 114 cm³/mol. The highest BCUT2D eigenvalue weighted by molar-refractivity contribution is 7.89. The second-order valence-corrected chi connectivity index (χ2v) is 10.3. The smallest absolute Gasteiger partial charge is 0.245 e. The molecule has 1 N–H and O–H groups in total. The number of hydrogen-bond acceptors (Lipinski definition) is 7. The van der Waals surface area contributed by atoms with Crippen molar-refractivity contribution in [3.63, 3.8) is 0 Å². The minimum atomic E-state index is -3.76. The maximum atomic E-state index is 12.7. The third-order valence-electron chi connectivity index (χ3n) is 5.30. The standard InChI is InChI=1S/C20H24N4O4S2/c1-13-19(14(2)28-23-13)30(26,27)21-10-9-18(25)24-11-5-6-15(12-24)20-22-16-7-3-4-8-17(16)29-20/h3-4,7-8,15,21H,5-6,9-12H2,1-2H3. The number of para-hydroxylation sites is 1. The molecule has 0 aliphatic carbocycles. The number of amides is 1. The highest BCUT2D eigenvalue weighted by atomic mass is 32.2. The Morgan fingerprint density at radius 3 is 2.87 bits per heavy atom. The lowest BCUT2D eigenvalue weighted by Gasteiger charge is -2.32. The summed E-state index contributed by atoms with van der Waals surface area (Å²) in [6.45, 7) is 4.47. The van der Waals surface area contributed by atoms with Gasteiger partial charge in [0.05, 0.1) is 15.2 Å². The van der Waals surface area contributed by atoms with Crippen LogP contribution in [0.4, 0.5) is 0 Å². The SMILES string of the molecule is Cc1noc(C)c1S(=O)(=O)NCCC(=O)N1CCCC(c2nc3ccccc3s2)C1. The van der Waals surface area contributed by atoms with E-state index in [1.54, 1.807) is 25.2 Å². The van der Waals surface area contributed by atoms with E-state index >= 15 is 0 Å². The number of hydrogen-bond donors (Lipinski definition) is 1. The molecule has 0 radical (unpaired) electrons. The van der Waals surface area contributed by atoms with E-state index in [1.165, 1.54) is 0 Å². The molecule has 1 amide bonds. The number of aromatic nitrogens is 2. The Kier molecular flexibility index (Phi) is 5.90. The normalized spacial score (nSPS) is 17.5. The fraction of sp³-hybridized carbons (Fsp3) is 0.450. The van der Waals surface area contributed by atoms with Crippen LogP contribution in [-0.2, 0) is 14.8 Å². The van der Waals surface area contributed by atoms with E-state index in [1.807, 2.05) is 23.1 Å². The number of carbonyl (C=O) groups excluding carboxylic acids is 1. The lowest BCUT2D eigenvalue weighted by atomic mass is 9.98. The number of rotatable bonds is 6. The Morgan fingerprint density at radius 2 is 2.13 bits per heavy atom. The molecule has 160 valence electrons. The van der Waals surface area contributed by atoms with Crippen LogP contribution in [0.2, 0.25) is 0 Å². The molecule has 1 aliphatic rings. The van der Waals surface area contributed by atoms with Gasteiger partial charge < -0.3 is 9.42 Å². The monoisotopic (exact) mass is 448 g/mol. The van der Waals surface area contributed by atoms with Crippen LogP contribution in [0.15, 0.2) is 33.7 Å². The third kappa shape index (κ3) is 4.26. The number of carbonyl (C=O) groups is 1. The lowest BCUT2D eigenvalue weighted by Crippen LogP contribution is -2.40. The van der Waals surface area contributed by atoms with E-state index in [0.717, 1.165) is 28.1 Å². The first kappa shape index (κ1) is 21.0. The van der Waals surface area contributed by atoms with Crippen LogP contribution in [0, 0.1) is 13.8 Å². The van der Waals surface area contributed by atoms with E-state index in [0.29, 0.717) is 18.8 Å². The molecule has 1 atom stereocenters. The third-order valence-corrected chi connectivity index (χ3v) is 8.20. The van der Waals surface area contributed by atoms with Gasteiger partial charge in [-0.1, -0.05) is 17.3 Å². The summed E-state index contributed by atoms with van der Waals surface area (Å²) >= 11 is 1.68. The first-order valence-electron chi connectivity index (χ1n) is 9.91. The van der Waals surface area contributed by atoms with Crippen LogP contribution >= 0.6 is 11.3 Å². The van der Waals surface area contributed by atoms with Gasteiger partial charge >= 0.3 is 0 Å². The number of likely N-dealkylation sites (tertiary alicyclic amines) is 1. The van der Waals surface area contributed by atoms with E-state index in [9.17, 15) is 13.2 Å². The number of benzene rings is 1. The van der Waals surface area contributed by atoms with Gasteiger partial charge in [-0.25, -0.2) is 18.1 Å². The van der Waals surface area contributed by atoms with Crippen molar-refractivity contribution >= 4 is 37.5 Å². The van der Waals surface area contributed by atoms with Gasteiger partial charge in [0.25, 0.3) is 0 Å². The maximum absolute atomic E-state index is 12.7. The molecule has 0 bridgehead atoms. The number of piperidine rings is 1. The molecule has 4 rings (SSSR count). The van der Waals surface area contributed by atoms with Crippen molar-refractivity contribution in [2.75, 3.05) is 19.6 Å². The molecule has 2 aromatic heterocycles. The molecule has 1 aliphatic heterocycles. The molecular weight excluding hydrogens is 424 g/mol. The molecule has 1 aromatic carbocycles. The van der Waals surface area contributed by atoms with Gasteiger partial charge in [0, 0.05) is 32.0 Å². The molecular formula is C20H24N4O4S2. The largest absolute Gasteiger partial charge is 0.360 e. The minimum absolute atomic E-state index is 0.0352. The van der Waals surface area contributed by atoms with E-state index in [2.05, 4.69) is 15.9 Å². The Labute approximate surface area is 179 Å². The van der Waals surface area contributed by atoms with Crippen LogP contribution in [-0.4, -0.2) is 49.0 Å². The van der Waals surface area contributed by atoms with Gasteiger partial charge in [0.1, 0.15) is 10.6 Å². The Morgan fingerprint density at radius 1 is 1.33 bits per heavy atom. The summed E-state index contributed by atoms with van der Waals surface area (Å²) < 4.78 is 33.5. The van der Waals surface area contributed by atoms with Gasteiger partial charge in [-0.15, -0.1) is 11.3 Å². The molecule has 1 saturated heterocycles. The maximum Gasteiger partial charge on any atom is 0.245 e. The number of aryl methyl sites for hydroxylation is 2. The molecule has 3 aromatic rings. The summed E-state index contributed by atoms with van der Waals surface area (Å²) in [5.74, 6) is 0.405. The van der Waals surface area contributed by atoms with E-state index in [-0.39, 0.29) is 35.4 Å².